The number of rotatable bonds is 4. The van der Waals surface area contributed by atoms with Crippen molar-refractivity contribution in [3.8, 4) is 0 Å². The molecule has 16 heavy (non-hydrogen) atoms. The van der Waals surface area contributed by atoms with E-state index >= 15 is 0 Å². The number of hydrogen-bond donors (Lipinski definition) is 0. The van der Waals surface area contributed by atoms with Gasteiger partial charge in [-0.1, -0.05) is 35.8 Å². The maximum Gasteiger partial charge on any atom is 0.0491 e. The summed E-state index contributed by atoms with van der Waals surface area (Å²) in [4.78, 5) is 0. The highest BCUT2D eigenvalue weighted by molar-refractivity contribution is 9.10. The zero-order chi connectivity index (χ0) is 11.5. The first kappa shape index (κ1) is 11.7. The van der Waals surface area contributed by atoms with Gasteiger partial charge in [0.1, 0.15) is 0 Å². The van der Waals surface area contributed by atoms with Gasteiger partial charge in [0.25, 0.3) is 0 Å². The molecule has 0 unspecified atom stereocenters. The third-order valence-corrected chi connectivity index (χ3v) is 3.41. The van der Waals surface area contributed by atoms with Gasteiger partial charge >= 0.3 is 0 Å². The summed E-state index contributed by atoms with van der Waals surface area (Å²) >= 11 is 3.53. The molecule has 0 bridgehead atoms. The molecule has 0 saturated carbocycles. The van der Waals surface area contributed by atoms with E-state index in [1.54, 1.807) is 0 Å². The van der Waals surface area contributed by atoms with Crippen LogP contribution in [-0.4, -0.2) is 4.57 Å². The smallest absolute Gasteiger partial charge is 0.0491 e. The minimum Gasteiger partial charge on any atom is -0.347 e. The van der Waals surface area contributed by atoms with Gasteiger partial charge < -0.3 is 4.57 Å². The summed E-state index contributed by atoms with van der Waals surface area (Å²) in [6.07, 6.45) is 4.75. The Labute approximate surface area is 106 Å². The van der Waals surface area contributed by atoms with E-state index in [0.29, 0.717) is 0 Å². The number of fused-ring (bicyclic) bond motifs is 1. The number of nitrogens with zero attached hydrogens (tertiary/aromatic N) is 1. The first-order valence-corrected chi connectivity index (χ1v) is 6.70. The second-order valence-corrected chi connectivity index (χ2v) is 5.66. The van der Waals surface area contributed by atoms with Crippen molar-refractivity contribution in [3.05, 3.63) is 34.9 Å². The van der Waals surface area contributed by atoms with Crippen molar-refractivity contribution in [2.45, 2.75) is 33.2 Å². The Bertz CT molecular complexity index is 471. The number of aromatic nitrogens is 1. The summed E-state index contributed by atoms with van der Waals surface area (Å²) < 4.78 is 3.51. The van der Waals surface area contributed by atoms with Crippen LogP contribution in [0.5, 0.6) is 0 Å². The molecule has 2 aromatic rings. The van der Waals surface area contributed by atoms with Gasteiger partial charge in [0.15, 0.2) is 0 Å². The molecule has 2 heteroatoms. The van der Waals surface area contributed by atoms with Crippen LogP contribution in [0.3, 0.4) is 0 Å². The Balaban J connectivity index is 2.15. The maximum atomic E-state index is 3.53. The second-order valence-electron chi connectivity index (χ2n) is 4.75. The molecular formula is C14H18BrN. The lowest BCUT2D eigenvalue weighted by atomic mass is 10.1. The second kappa shape index (κ2) is 5.05. The van der Waals surface area contributed by atoms with Crippen LogP contribution >= 0.6 is 15.9 Å². The predicted molar refractivity (Wildman–Crippen MR) is 73.7 cm³/mol. The lowest BCUT2D eigenvalue weighted by Crippen LogP contribution is -1.98. The van der Waals surface area contributed by atoms with Crippen molar-refractivity contribution in [2.75, 3.05) is 0 Å². The number of aryl methyl sites for hydroxylation is 1. The van der Waals surface area contributed by atoms with E-state index in [2.05, 4.69) is 64.8 Å². The number of benzene rings is 1. The van der Waals surface area contributed by atoms with Gasteiger partial charge in [-0.25, -0.2) is 0 Å². The standard InChI is InChI=1S/C14H18BrN/c1-11(2)4-3-8-16-9-7-12-5-6-13(15)10-14(12)16/h5-7,9-11H,3-4,8H2,1-2H3. The molecule has 0 fully saturated rings. The molecule has 0 N–H and O–H groups in total. The first-order valence-electron chi connectivity index (χ1n) is 5.91. The van der Waals surface area contributed by atoms with Gasteiger partial charge in [0.05, 0.1) is 0 Å². The van der Waals surface area contributed by atoms with E-state index < -0.39 is 0 Å². The minimum absolute atomic E-state index is 0.800. The molecule has 0 amide bonds. The van der Waals surface area contributed by atoms with E-state index in [1.165, 1.54) is 23.7 Å². The summed E-state index contributed by atoms with van der Waals surface area (Å²) in [5, 5.41) is 1.33. The number of hydrogen-bond acceptors (Lipinski definition) is 0. The van der Waals surface area contributed by atoms with Crippen LogP contribution in [0.1, 0.15) is 26.7 Å². The van der Waals surface area contributed by atoms with Gasteiger partial charge in [-0.15, -0.1) is 0 Å². The summed E-state index contributed by atoms with van der Waals surface area (Å²) in [5.74, 6) is 0.800. The summed E-state index contributed by atoms with van der Waals surface area (Å²) in [6.45, 7) is 5.69. The average molecular weight is 280 g/mol. The van der Waals surface area contributed by atoms with Crippen molar-refractivity contribution in [2.24, 2.45) is 5.92 Å². The van der Waals surface area contributed by atoms with Crippen LogP contribution in [0.25, 0.3) is 10.9 Å². The molecular weight excluding hydrogens is 262 g/mol. The van der Waals surface area contributed by atoms with E-state index in [0.717, 1.165) is 16.9 Å². The molecule has 0 radical (unpaired) electrons. The van der Waals surface area contributed by atoms with Crippen molar-refractivity contribution in [3.63, 3.8) is 0 Å². The van der Waals surface area contributed by atoms with Gasteiger partial charge in [-0.2, -0.15) is 0 Å². The molecule has 0 aliphatic heterocycles. The topological polar surface area (TPSA) is 4.93 Å². The van der Waals surface area contributed by atoms with Gasteiger partial charge in [-0.3, -0.25) is 0 Å². The molecule has 1 nitrogen and oxygen atoms in total. The molecule has 0 atom stereocenters. The summed E-state index contributed by atoms with van der Waals surface area (Å²) in [5.41, 5.74) is 1.33. The average Bonchev–Trinajstić information content (AvgIpc) is 2.60. The Morgan fingerprint density at radius 2 is 2.06 bits per heavy atom. The van der Waals surface area contributed by atoms with Gasteiger partial charge in [0.2, 0.25) is 0 Å². The monoisotopic (exact) mass is 279 g/mol. The molecule has 0 saturated heterocycles. The third-order valence-electron chi connectivity index (χ3n) is 2.92. The van der Waals surface area contributed by atoms with Gasteiger partial charge in [-0.05, 0) is 42.3 Å². The molecule has 0 aliphatic carbocycles. The molecule has 0 aliphatic rings. The Morgan fingerprint density at radius 1 is 1.25 bits per heavy atom. The highest BCUT2D eigenvalue weighted by Crippen LogP contribution is 2.21. The fourth-order valence-corrected chi connectivity index (χ4v) is 2.37. The van der Waals surface area contributed by atoms with Crippen LogP contribution in [0.15, 0.2) is 34.9 Å². The Hall–Kier alpha value is -0.760. The van der Waals surface area contributed by atoms with Crippen molar-refractivity contribution < 1.29 is 0 Å². The van der Waals surface area contributed by atoms with Crippen LogP contribution in [0.4, 0.5) is 0 Å². The lowest BCUT2D eigenvalue weighted by molar-refractivity contribution is 0.518. The maximum absolute atomic E-state index is 3.53. The molecule has 1 aromatic carbocycles. The van der Waals surface area contributed by atoms with Crippen LogP contribution in [0.2, 0.25) is 0 Å². The largest absolute Gasteiger partial charge is 0.347 e. The Morgan fingerprint density at radius 3 is 2.81 bits per heavy atom. The predicted octanol–water partition coefficient (Wildman–Crippen LogP) is 4.84. The van der Waals surface area contributed by atoms with Gasteiger partial charge in [0, 0.05) is 22.7 Å². The molecule has 0 spiro atoms. The summed E-state index contributed by atoms with van der Waals surface area (Å²) in [7, 11) is 0. The highest BCUT2D eigenvalue weighted by atomic mass is 79.9. The van der Waals surface area contributed by atoms with Crippen molar-refractivity contribution in [1.82, 2.24) is 4.57 Å². The van der Waals surface area contributed by atoms with E-state index in [-0.39, 0.29) is 0 Å². The summed E-state index contributed by atoms with van der Waals surface area (Å²) in [6, 6.07) is 8.65. The molecule has 1 aromatic heterocycles. The van der Waals surface area contributed by atoms with E-state index in [9.17, 15) is 0 Å². The van der Waals surface area contributed by atoms with Crippen LogP contribution in [0, 0.1) is 5.92 Å². The van der Waals surface area contributed by atoms with Crippen LogP contribution < -0.4 is 0 Å². The van der Waals surface area contributed by atoms with Crippen molar-refractivity contribution >= 4 is 26.8 Å². The van der Waals surface area contributed by atoms with Crippen molar-refractivity contribution in [1.29, 1.82) is 0 Å². The fourth-order valence-electron chi connectivity index (χ4n) is 2.02. The zero-order valence-electron chi connectivity index (χ0n) is 9.91. The minimum atomic E-state index is 0.800. The Kier molecular flexibility index (Phi) is 3.70. The third kappa shape index (κ3) is 2.67. The van der Waals surface area contributed by atoms with Crippen LogP contribution in [-0.2, 0) is 6.54 Å². The molecule has 1 heterocycles. The lowest BCUT2D eigenvalue weighted by Gasteiger charge is -2.07. The number of halogens is 1. The van der Waals surface area contributed by atoms with E-state index in [1.807, 2.05) is 0 Å². The normalized spacial score (nSPS) is 11.5. The molecule has 86 valence electrons. The SMILES string of the molecule is CC(C)CCCn1ccc2ccc(Br)cc21. The fraction of sp³-hybridized carbons (Fsp3) is 0.429. The first-order chi connectivity index (χ1) is 7.66. The highest BCUT2D eigenvalue weighted by Gasteiger charge is 2.02. The van der Waals surface area contributed by atoms with E-state index in [4.69, 9.17) is 0 Å². The quantitative estimate of drug-likeness (QED) is 0.755. The molecule has 2 rings (SSSR count). The zero-order valence-corrected chi connectivity index (χ0v) is 11.5.